The van der Waals surface area contributed by atoms with Crippen molar-refractivity contribution < 1.29 is 9.30 Å². The maximum Gasteiger partial charge on any atom is 0.228 e. The number of ether oxygens (including phenoxy) is 1. The fraction of sp³-hybridized carbons (Fsp3) is 0.364. The van der Waals surface area contributed by atoms with Gasteiger partial charge in [0.05, 0.1) is 10.9 Å². The highest BCUT2D eigenvalue weighted by atomic mass is 32.1. The van der Waals surface area contributed by atoms with Crippen LogP contribution in [0.3, 0.4) is 0 Å². The molecule has 6 rings (SSSR count). The molecule has 0 amide bonds. The summed E-state index contributed by atoms with van der Waals surface area (Å²) in [5, 5.41) is 8.88. The first-order valence-electron chi connectivity index (χ1n) is 13.0. The summed E-state index contributed by atoms with van der Waals surface area (Å²) in [7, 11) is 2.18. The Morgan fingerprint density at radius 1 is 0.861 bits per heavy atom. The number of hydrogen-bond donors (Lipinski definition) is 0. The smallest absolute Gasteiger partial charge is 0.228 e. The van der Waals surface area contributed by atoms with Crippen LogP contribution in [0.2, 0.25) is 0 Å². The lowest BCUT2D eigenvalue weighted by atomic mass is 9.81. The molecule has 3 heterocycles. The van der Waals surface area contributed by atoms with E-state index in [1.807, 2.05) is 11.3 Å². The zero-order chi connectivity index (χ0) is 25.6. The molecule has 184 valence electrons. The quantitative estimate of drug-likeness (QED) is 0.219. The van der Waals surface area contributed by atoms with E-state index in [2.05, 4.69) is 108 Å². The Morgan fingerprint density at radius 2 is 1.56 bits per heavy atom. The fourth-order valence-electron chi connectivity index (χ4n) is 6.01. The first kappa shape index (κ1) is 23.5. The zero-order valence-electron chi connectivity index (χ0n) is 22.8. The van der Waals surface area contributed by atoms with E-state index in [1.54, 1.807) is 0 Å². The van der Waals surface area contributed by atoms with Crippen molar-refractivity contribution in [3.8, 4) is 22.8 Å². The normalized spacial score (nSPS) is 13.4. The molecule has 3 heteroatoms. The van der Waals surface area contributed by atoms with Crippen molar-refractivity contribution in [1.82, 2.24) is 0 Å². The second-order valence-electron chi connectivity index (χ2n) is 13.0. The third-order valence-corrected chi connectivity index (χ3v) is 8.49. The van der Waals surface area contributed by atoms with Gasteiger partial charge in [0, 0.05) is 27.1 Å². The number of thiophene rings is 1. The highest BCUT2D eigenvalue weighted by molar-refractivity contribution is 7.18. The summed E-state index contributed by atoms with van der Waals surface area (Å²) >= 11 is 1.88. The van der Waals surface area contributed by atoms with Gasteiger partial charge in [-0.05, 0) is 63.9 Å². The highest BCUT2D eigenvalue weighted by Crippen LogP contribution is 2.53. The molecule has 1 aliphatic heterocycles. The van der Waals surface area contributed by atoms with Gasteiger partial charge < -0.3 is 4.74 Å². The molecular formula is C33H36NOS+. The van der Waals surface area contributed by atoms with Gasteiger partial charge in [0.15, 0.2) is 6.20 Å². The summed E-state index contributed by atoms with van der Waals surface area (Å²) in [5.74, 6) is 2.04. The topological polar surface area (TPSA) is 13.1 Å². The zero-order valence-corrected chi connectivity index (χ0v) is 23.6. The molecule has 0 saturated heterocycles. The summed E-state index contributed by atoms with van der Waals surface area (Å²) in [6.45, 7) is 16.2. The predicted molar refractivity (Wildman–Crippen MR) is 155 cm³/mol. The van der Waals surface area contributed by atoms with E-state index in [1.165, 1.54) is 59.6 Å². The van der Waals surface area contributed by atoms with Crippen LogP contribution in [-0.2, 0) is 19.9 Å². The Labute approximate surface area is 218 Å². The van der Waals surface area contributed by atoms with Gasteiger partial charge in [-0.2, -0.15) is 0 Å². The van der Waals surface area contributed by atoms with Crippen molar-refractivity contribution in [1.29, 1.82) is 0 Å². The number of hydrogen-bond acceptors (Lipinski definition) is 2. The predicted octanol–water partition coefficient (Wildman–Crippen LogP) is 9.29. The number of pyridine rings is 1. The average molecular weight is 495 g/mol. The molecule has 0 atom stereocenters. The van der Waals surface area contributed by atoms with Crippen LogP contribution in [0.5, 0.6) is 11.5 Å². The molecule has 5 aromatic rings. The Bertz CT molecular complexity index is 1690. The molecule has 0 saturated carbocycles. The number of fused-ring (bicyclic) bond motifs is 5. The SMILES string of the molecule is Cc1c2c(c(CC(C)(C)C)c3ccccc13)Oc1cc3c(CC(C)(C)C)csc3c3cc[n+](C)c-2c13. The van der Waals surface area contributed by atoms with Crippen molar-refractivity contribution >= 4 is 43.0 Å². The third kappa shape index (κ3) is 3.63. The minimum Gasteiger partial charge on any atom is -0.455 e. The van der Waals surface area contributed by atoms with Gasteiger partial charge in [-0.25, -0.2) is 4.57 Å². The first-order chi connectivity index (χ1) is 16.9. The van der Waals surface area contributed by atoms with Gasteiger partial charge in [0.25, 0.3) is 0 Å². The number of aromatic nitrogens is 1. The Hall–Kier alpha value is -2.91. The third-order valence-electron chi connectivity index (χ3n) is 7.41. The van der Waals surface area contributed by atoms with Crippen molar-refractivity contribution in [3.63, 3.8) is 0 Å². The molecule has 1 aliphatic rings. The van der Waals surface area contributed by atoms with E-state index in [0.29, 0.717) is 0 Å². The van der Waals surface area contributed by atoms with E-state index in [-0.39, 0.29) is 10.8 Å². The summed E-state index contributed by atoms with van der Waals surface area (Å²) in [6.07, 6.45) is 4.25. The van der Waals surface area contributed by atoms with E-state index in [4.69, 9.17) is 4.74 Å². The molecule has 0 bridgehead atoms. The second kappa shape index (κ2) is 7.79. The second-order valence-corrected chi connectivity index (χ2v) is 13.9. The first-order valence-corrected chi connectivity index (χ1v) is 13.9. The number of benzene rings is 3. The molecule has 0 radical (unpaired) electrons. The molecular weight excluding hydrogens is 458 g/mol. The summed E-state index contributed by atoms with van der Waals surface area (Å²) < 4.78 is 10.7. The Balaban J connectivity index is 1.74. The van der Waals surface area contributed by atoms with Gasteiger partial charge in [-0.3, -0.25) is 0 Å². The molecule has 2 aromatic heterocycles. The number of rotatable bonds is 2. The van der Waals surface area contributed by atoms with Crippen LogP contribution in [0.15, 0.2) is 48.0 Å². The van der Waals surface area contributed by atoms with Crippen LogP contribution in [0.4, 0.5) is 0 Å². The molecule has 0 spiro atoms. The highest BCUT2D eigenvalue weighted by Gasteiger charge is 2.34. The van der Waals surface area contributed by atoms with Crippen molar-refractivity contribution in [2.75, 3.05) is 0 Å². The maximum atomic E-state index is 7.02. The van der Waals surface area contributed by atoms with Crippen LogP contribution >= 0.6 is 11.3 Å². The Kier molecular flexibility index (Phi) is 5.08. The molecule has 0 N–H and O–H groups in total. The largest absolute Gasteiger partial charge is 0.455 e. The molecule has 0 aliphatic carbocycles. The summed E-state index contributed by atoms with van der Waals surface area (Å²) in [4.78, 5) is 0. The van der Waals surface area contributed by atoms with Crippen LogP contribution in [0.1, 0.15) is 58.2 Å². The van der Waals surface area contributed by atoms with E-state index >= 15 is 0 Å². The molecule has 0 fully saturated rings. The lowest BCUT2D eigenvalue weighted by molar-refractivity contribution is -0.659. The van der Waals surface area contributed by atoms with Crippen LogP contribution in [0, 0.1) is 17.8 Å². The monoisotopic (exact) mass is 494 g/mol. The van der Waals surface area contributed by atoms with Crippen LogP contribution in [0.25, 0.3) is 42.9 Å². The van der Waals surface area contributed by atoms with Crippen molar-refractivity contribution in [2.45, 2.75) is 61.3 Å². The van der Waals surface area contributed by atoms with Gasteiger partial charge in [-0.1, -0.05) is 65.8 Å². The molecule has 2 nitrogen and oxygen atoms in total. The molecule has 36 heavy (non-hydrogen) atoms. The van der Waals surface area contributed by atoms with E-state index in [0.717, 1.165) is 24.3 Å². The minimum absolute atomic E-state index is 0.140. The van der Waals surface area contributed by atoms with Crippen LogP contribution in [-0.4, -0.2) is 0 Å². The van der Waals surface area contributed by atoms with Gasteiger partial charge >= 0.3 is 0 Å². The lowest BCUT2D eigenvalue weighted by Gasteiger charge is -2.28. The number of aryl methyl sites for hydroxylation is 2. The summed E-state index contributed by atoms with van der Waals surface area (Å²) in [6, 6.07) is 13.5. The number of nitrogens with zero attached hydrogens (tertiary/aromatic N) is 1. The van der Waals surface area contributed by atoms with Gasteiger partial charge in [0.1, 0.15) is 18.5 Å². The minimum atomic E-state index is 0.140. The Morgan fingerprint density at radius 3 is 2.25 bits per heavy atom. The maximum absolute atomic E-state index is 7.02. The van der Waals surface area contributed by atoms with Crippen LogP contribution < -0.4 is 9.30 Å². The average Bonchev–Trinajstić information content (AvgIpc) is 3.18. The van der Waals surface area contributed by atoms with Crippen molar-refractivity contribution in [3.05, 3.63) is 64.7 Å². The summed E-state index contributed by atoms with van der Waals surface area (Å²) in [5.41, 5.74) is 6.94. The van der Waals surface area contributed by atoms with E-state index < -0.39 is 0 Å². The molecule has 0 unspecified atom stereocenters. The standard InChI is InChI=1S/C33H36NOS/c1-19-21-11-9-10-12-22(21)25(17-33(5,6)7)30-27(19)29-28-23(13-14-34(29)8)31-24(15-26(28)35-30)20(18-36-31)16-32(2,3)4/h9-15,18H,16-17H2,1-8H3/q+1. The van der Waals surface area contributed by atoms with Gasteiger partial charge in [0.2, 0.25) is 5.69 Å². The van der Waals surface area contributed by atoms with Crippen molar-refractivity contribution in [2.24, 2.45) is 17.9 Å². The fourth-order valence-corrected chi connectivity index (χ4v) is 7.10. The van der Waals surface area contributed by atoms with Gasteiger partial charge in [-0.15, -0.1) is 11.3 Å². The lowest BCUT2D eigenvalue weighted by Crippen LogP contribution is -2.32. The molecule has 3 aromatic carbocycles. The van der Waals surface area contributed by atoms with E-state index in [9.17, 15) is 0 Å².